The Labute approximate surface area is 48.9 Å². The molecule has 0 aromatic rings. The van der Waals surface area contributed by atoms with E-state index < -0.39 is 0 Å². The third-order valence-corrected chi connectivity index (χ3v) is 1.61. The van der Waals surface area contributed by atoms with Gasteiger partial charge in [-0.2, -0.15) is 0 Å². The van der Waals surface area contributed by atoms with Crippen molar-refractivity contribution in [1.82, 2.24) is 5.32 Å². The summed E-state index contributed by atoms with van der Waals surface area (Å²) in [6, 6.07) is 0. The molecular weight excluding hydrogens is 104 g/mol. The molecule has 48 valence electrons. The van der Waals surface area contributed by atoms with E-state index in [0.29, 0.717) is 13.1 Å². The van der Waals surface area contributed by atoms with E-state index in [2.05, 4.69) is 5.32 Å². The van der Waals surface area contributed by atoms with E-state index in [1.165, 1.54) is 0 Å². The van der Waals surface area contributed by atoms with E-state index in [-0.39, 0.29) is 12.0 Å². The Bertz CT molecular complexity index is 76.8. The summed E-state index contributed by atoms with van der Waals surface area (Å²) in [5.74, 6) is 0.287. The van der Waals surface area contributed by atoms with Crippen molar-refractivity contribution < 1.29 is 5.11 Å². The van der Waals surface area contributed by atoms with Crippen LogP contribution >= 0.6 is 0 Å². The van der Waals surface area contributed by atoms with Gasteiger partial charge in [0.25, 0.3) is 0 Å². The molecule has 1 aliphatic heterocycles. The summed E-state index contributed by atoms with van der Waals surface area (Å²) in [4.78, 5) is 0. The monoisotopic (exact) mass is 116 g/mol. The second-order valence-corrected chi connectivity index (χ2v) is 2.22. The molecule has 0 aliphatic carbocycles. The van der Waals surface area contributed by atoms with Gasteiger partial charge in [0.2, 0.25) is 0 Å². The van der Waals surface area contributed by atoms with Gasteiger partial charge >= 0.3 is 0 Å². The maximum atomic E-state index is 9.05. The lowest BCUT2D eigenvalue weighted by atomic mass is 10.1. The summed E-state index contributed by atoms with van der Waals surface area (Å²) < 4.78 is 0. The predicted molar refractivity (Wildman–Crippen MR) is 31.4 cm³/mol. The standard InChI is InChI=1S/C5H12N2O/c6-1-4-2-7-3-5(4)8/h4-5,7-8H,1-3,6H2. The lowest BCUT2D eigenvalue weighted by Gasteiger charge is -2.07. The topological polar surface area (TPSA) is 58.3 Å². The van der Waals surface area contributed by atoms with E-state index in [1.807, 2.05) is 0 Å². The predicted octanol–water partition coefficient (Wildman–Crippen LogP) is -1.47. The van der Waals surface area contributed by atoms with Crippen LogP contribution in [0.5, 0.6) is 0 Å². The molecule has 2 unspecified atom stereocenters. The number of nitrogens with two attached hydrogens (primary N) is 1. The molecule has 0 saturated carbocycles. The Kier molecular flexibility index (Phi) is 1.83. The number of hydrogen-bond acceptors (Lipinski definition) is 3. The molecule has 1 fully saturated rings. The number of nitrogens with one attached hydrogen (secondary N) is 1. The Hall–Kier alpha value is -0.120. The zero-order chi connectivity index (χ0) is 5.98. The van der Waals surface area contributed by atoms with Crippen molar-refractivity contribution in [2.45, 2.75) is 6.10 Å². The highest BCUT2D eigenvalue weighted by atomic mass is 16.3. The molecule has 0 aromatic heterocycles. The number of aliphatic hydroxyl groups excluding tert-OH is 1. The molecule has 1 heterocycles. The van der Waals surface area contributed by atoms with E-state index in [9.17, 15) is 0 Å². The average molecular weight is 116 g/mol. The van der Waals surface area contributed by atoms with E-state index >= 15 is 0 Å². The Morgan fingerprint density at radius 2 is 2.38 bits per heavy atom. The second kappa shape index (κ2) is 2.44. The van der Waals surface area contributed by atoms with E-state index in [1.54, 1.807) is 0 Å². The molecule has 0 amide bonds. The van der Waals surface area contributed by atoms with Gasteiger partial charge in [-0.05, 0) is 6.54 Å². The van der Waals surface area contributed by atoms with E-state index in [4.69, 9.17) is 10.8 Å². The summed E-state index contributed by atoms with van der Waals surface area (Å²) in [6.07, 6.45) is -0.208. The maximum Gasteiger partial charge on any atom is 0.0716 e. The first-order chi connectivity index (χ1) is 3.84. The third kappa shape index (κ3) is 0.992. The second-order valence-electron chi connectivity index (χ2n) is 2.22. The van der Waals surface area contributed by atoms with Crippen LogP contribution in [0.4, 0.5) is 0 Å². The molecule has 1 saturated heterocycles. The Morgan fingerprint density at radius 3 is 2.62 bits per heavy atom. The summed E-state index contributed by atoms with van der Waals surface area (Å²) >= 11 is 0. The number of hydrogen-bond donors (Lipinski definition) is 3. The highest BCUT2D eigenvalue weighted by Gasteiger charge is 2.22. The minimum Gasteiger partial charge on any atom is -0.391 e. The third-order valence-electron chi connectivity index (χ3n) is 1.61. The summed E-state index contributed by atoms with van der Waals surface area (Å²) in [5, 5.41) is 12.1. The van der Waals surface area contributed by atoms with Crippen molar-refractivity contribution in [2.75, 3.05) is 19.6 Å². The minimum atomic E-state index is -0.208. The van der Waals surface area contributed by atoms with Crippen LogP contribution in [0.2, 0.25) is 0 Å². The molecule has 0 spiro atoms. The molecule has 1 rings (SSSR count). The van der Waals surface area contributed by atoms with Crippen LogP contribution in [0.25, 0.3) is 0 Å². The summed E-state index contributed by atoms with van der Waals surface area (Å²) in [5.41, 5.74) is 5.32. The lowest BCUT2D eigenvalue weighted by Crippen LogP contribution is -2.25. The van der Waals surface area contributed by atoms with Gasteiger partial charge in [-0.25, -0.2) is 0 Å². The molecule has 4 N–H and O–H groups in total. The minimum absolute atomic E-state index is 0.208. The number of aliphatic hydroxyl groups is 1. The molecule has 0 aromatic carbocycles. The van der Waals surface area contributed by atoms with Crippen LogP contribution in [0.1, 0.15) is 0 Å². The summed E-state index contributed by atoms with van der Waals surface area (Å²) in [7, 11) is 0. The zero-order valence-electron chi connectivity index (χ0n) is 4.80. The van der Waals surface area contributed by atoms with Crippen molar-refractivity contribution in [1.29, 1.82) is 0 Å². The van der Waals surface area contributed by atoms with Crippen molar-refractivity contribution in [3.8, 4) is 0 Å². The SMILES string of the molecule is NCC1CNCC1O. The molecule has 8 heavy (non-hydrogen) atoms. The normalized spacial score (nSPS) is 38.2. The van der Waals surface area contributed by atoms with Gasteiger partial charge < -0.3 is 16.2 Å². The largest absolute Gasteiger partial charge is 0.391 e. The highest BCUT2D eigenvalue weighted by molar-refractivity contribution is 4.80. The van der Waals surface area contributed by atoms with E-state index in [0.717, 1.165) is 6.54 Å². The van der Waals surface area contributed by atoms with Crippen LogP contribution in [-0.4, -0.2) is 30.8 Å². The number of β-amino-alcohol motifs (C(OH)–C–C–N with tert-alkyl or cyclic N) is 1. The molecule has 2 atom stereocenters. The fourth-order valence-electron chi connectivity index (χ4n) is 0.960. The van der Waals surface area contributed by atoms with Crippen LogP contribution in [0.3, 0.4) is 0 Å². The quantitative estimate of drug-likeness (QED) is 0.392. The van der Waals surface area contributed by atoms with Gasteiger partial charge in [0.15, 0.2) is 0 Å². The maximum absolute atomic E-state index is 9.05. The fraction of sp³-hybridized carbons (Fsp3) is 1.00. The molecule has 1 aliphatic rings. The van der Waals surface area contributed by atoms with Crippen molar-refractivity contribution in [2.24, 2.45) is 11.7 Å². The summed E-state index contributed by atoms with van der Waals surface area (Å²) in [6.45, 7) is 2.17. The van der Waals surface area contributed by atoms with Gasteiger partial charge in [-0.3, -0.25) is 0 Å². The van der Waals surface area contributed by atoms with Gasteiger partial charge in [-0.1, -0.05) is 0 Å². The van der Waals surface area contributed by atoms with Crippen molar-refractivity contribution >= 4 is 0 Å². The number of rotatable bonds is 1. The molecule has 0 bridgehead atoms. The molecular formula is C5H12N2O. The Morgan fingerprint density at radius 1 is 1.62 bits per heavy atom. The first kappa shape index (κ1) is 6.01. The van der Waals surface area contributed by atoms with Crippen LogP contribution in [0, 0.1) is 5.92 Å². The average Bonchev–Trinajstić information content (AvgIpc) is 2.14. The fourth-order valence-corrected chi connectivity index (χ4v) is 0.960. The van der Waals surface area contributed by atoms with Crippen molar-refractivity contribution in [3.63, 3.8) is 0 Å². The van der Waals surface area contributed by atoms with Crippen LogP contribution < -0.4 is 11.1 Å². The zero-order valence-corrected chi connectivity index (χ0v) is 4.80. The molecule has 0 radical (unpaired) electrons. The first-order valence-electron chi connectivity index (χ1n) is 2.93. The highest BCUT2D eigenvalue weighted by Crippen LogP contribution is 2.04. The smallest absolute Gasteiger partial charge is 0.0716 e. The van der Waals surface area contributed by atoms with Gasteiger partial charge in [-0.15, -0.1) is 0 Å². The van der Waals surface area contributed by atoms with Crippen LogP contribution in [0.15, 0.2) is 0 Å². The first-order valence-corrected chi connectivity index (χ1v) is 2.93. The van der Waals surface area contributed by atoms with Gasteiger partial charge in [0.05, 0.1) is 6.10 Å². The van der Waals surface area contributed by atoms with Gasteiger partial charge in [0, 0.05) is 19.0 Å². The van der Waals surface area contributed by atoms with Gasteiger partial charge in [0.1, 0.15) is 0 Å². The van der Waals surface area contributed by atoms with Crippen LogP contribution in [-0.2, 0) is 0 Å². The molecule has 3 heteroatoms. The lowest BCUT2D eigenvalue weighted by molar-refractivity contribution is 0.151. The Balaban J connectivity index is 2.30. The molecule has 3 nitrogen and oxygen atoms in total. The van der Waals surface area contributed by atoms with Crippen molar-refractivity contribution in [3.05, 3.63) is 0 Å².